The quantitative estimate of drug-likeness (QED) is 0.535. The molecule has 0 aliphatic rings. The normalized spacial score (nSPS) is 10.7. The molecule has 9 heteroatoms. The smallest absolute Gasteiger partial charge is 0.432 e. The molecule has 0 atom stereocenters. The van der Waals surface area contributed by atoms with E-state index in [0.29, 0.717) is 23.4 Å². The molecule has 0 bridgehead atoms. The van der Waals surface area contributed by atoms with Crippen molar-refractivity contribution >= 4 is 12.0 Å². The average Bonchev–Trinajstić information content (AvgIpc) is 2.92. The van der Waals surface area contributed by atoms with E-state index >= 15 is 0 Å². The lowest BCUT2D eigenvalue weighted by Gasteiger charge is -2.17. The summed E-state index contributed by atoms with van der Waals surface area (Å²) < 4.78 is 0.616. The van der Waals surface area contributed by atoms with E-state index in [-0.39, 0.29) is 11.8 Å². The number of benzene rings is 1. The number of hydrogen-bond donors (Lipinski definition) is 4. The molecule has 0 fully saturated rings. The Morgan fingerprint density at radius 3 is 2.54 bits per heavy atom. The van der Waals surface area contributed by atoms with Gasteiger partial charge in [-0.25, -0.2) is 4.79 Å². The lowest BCUT2D eigenvalue weighted by atomic mass is 10.1. The summed E-state index contributed by atoms with van der Waals surface area (Å²) in [6.07, 6.45) is -0.0675. The van der Waals surface area contributed by atoms with Gasteiger partial charge < -0.3 is 31.0 Å². The van der Waals surface area contributed by atoms with Gasteiger partial charge in [-0.05, 0) is 31.2 Å². The standard InChI is InChI=1S/C17H22N4O5/c1-20(9-7-12-3-2-4-13(11-12)16(18)24)10-8-19-17(25)26-21-14(22)5-6-15(21)23/h2-6,11,22-23H,7-10H2,1H3,(H2,18,24)(H,19,25). The van der Waals surface area contributed by atoms with Crippen LogP contribution in [-0.4, -0.2) is 58.5 Å². The van der Waals surface area contributed by atoms with Crippen LogP contribution in [0.25, 0.3) is 0 Å². The topological polar surface area (TPSA) is 130 Å². The molecule has 9 nitrogen and oxygen atoms in total. The number of carbonyl (C=O) groups is 2. The lowest BCUT2D eigenvalue weighted by molar-refractivity contribution is 0.1000. The van der Waals surface area contributed by atoms with Gasteiger partial charge in [0.05, 0.1) is 0 Å². The third-order valence-electron chi connectivity index (χ3n) is 3.73. The molecule has 5 N–H and O–H groups in total. The number of nitrogens with two attached hydrogens (primary N) is 1. The van der Waals surface area contributed by atoms with Crippen molar-refractivity contribution in [2.24, 2.45) is 5.73 Å². The van der Waals surface area contributed by atoms with E-state index in [9.17, 15) is 19.8 Å². The highest BCUT2D eigenvalue weighted by molar-refractivity contribution is 5.92. The Balaban J connectivity index is 1.70. The van der Waals surface area contributed by atoms with Crippen molar-refractivity contribution in [3.63, 3.8) is 0 Å². The molecule has 1 heterocycles. The Morgan fingerprint density at radius 1 is 1.19 bits per heavy atom. The summed E-state index contributed by atoms with van der Waals surface area (Å²) in [5.74, 6) is -1.22. The van der Waals surface area contributed by atoms with E-state index in [1.165, 1.54) is 12.1 Å². The van der Waals surface area contributed by atoms with Crippen LogP contribution in [0.4, 0.5) is 4.79 Å². The number of likely N-dealkylation sites (N-methyl/N-ethyl adjacent to an activating group) is 1. The SMILES string of the molecule is CN(CCNC(=O)On1c(O)ccc1O)CCc1cccc(C(N)=O)c1. The number of primary amides is 1. The fourth-order valence-corrected chi connectivity index (χ4v) is 2.27. The molecule has 2 rings (SSSR count). The second kappa shape index (κ2) is 8.77. The molecule has 0 aliphatic carbocycles. The van der Waals surface area contributed by atoms with Crippen molar-refractivity contribution in [2.45, 2.75) is 6.42 Å². The summed E-state index contributed by atoms with van der Waals surface area (Å²) in [6, 6.07) is 9.55. The Bertz CT molecular complexity index is 755. The minimum absolute atomic E-state index is 0.319. The van der Waals surface area contributed by atoms with Crippen molar-refractivity contribution in [1.82, 2.24) is 14.9 Å². The molecular weight excluding hydrogens is 340 g/mol. The van der Waals surface area contributed by atoms with E-state index in [1.807, 2.05) is 18.0 Å². The predicted molar refractivity (Wildman–Crippen MR) is 93.9 cm³/mol. The third kappa shape index (κ3) is 5.42. The molecule has 1 aromatic heterocycles. The summed E-state index contributed by atoms with van der Waals surface area (Å²) in [7, 11) is 1.90. The van der Waals surface area contributed by atoms with E-state index in [0.717, 1.165) is 18.5 Å². The van der Waals surface area contributed by atoms with Crippen LogP contribution in [-0.2, 0) is 6.42 Å². The van der Waals surface area contributed by atoms with Crippen molar-refractivity contribution in [3.8, 4) is 11.8 Å². The zero-order chi connectivity index (χ0) is 19.1. The predicted octanol–water partition coefficient (Wildman–Crippen LogP) is 0.311. The maximum absolute atomic E-state index is 11.6. The van der Waals surface area contributed by atoms with Gasteiger partial charge in [0, 0.05) is 37.3 Å². The first kappa shape index (κ1) is 19.1. The summed E-state index contributed by atoms with van der Waals surface area (Å²) in [5, 5.41) is 21.3. The van der Waals surface area contributed by atoms with E-state index in [4.69, 9.17) is 10.6 Å². The molecule has 26 heavy (non-hydrogen) atoms. The minimum atomic E-state index is -0.797. The number of hydrogen-bond acceptors (Lipinski definition) is 6. The molecule has 0 saturated heterocycles. The van der Waals surface area contributed by atoms with Crippen LogP contribution in [0.15, 0.2) is 36.4 Å². The maximum Gasteiger partial charge on any atom is 0.432 e. The minimum Gasteiger partial charge on any atom is -0.492 e. The van der Waals surface area contributed by atoms with Crippen molar-refractivity contribution in [2.75, 3.05) is 26.7 Å². The average molecular weight is 362 g/mol. The van der Waals surface area contributed by atoms with E-state index in [2.05, 4.69) is 5.32 Å². The largest absolute Gasteiger partial charge is 0.492 e. The highest BCUT2D eigenvalue weighted by atomic mass is 16.7. The molecule has 0 unspecified atom stereocenters. The first-order valence-electron chi connectivity index (χ1n) is 8.00. The van der Waals surface area contributed by atoms with Gasteiger partial charge in [0.15, 0.2) is 0 Å². The number of rotatable bonds is 8. The summed E-state index contributed by atoms with van der Waals surface area (Å²) in [5.41, 5.74) is 6.74. The zero-order valence-electron chi connectivity index (χ0n) is 14.4. The van der Waals surface area contributed by atoms with Gasteiger partial charge in [0.2, 0.25) is 17.7 Å². The van der Waals surface area contributed by atoms with Crippen molar-refractivity contribution in [1.29, 1.82) is 0 Å². The van der Waals surface area contributed by atoms with E-state index < -0.39 is 12.0 Å². The second-order valence-electron chi connectivity index (χ2n) is 5.77. The number of carbonyl (C=O) groups excluding carboxylic acids is 2. The number of aromatic hydroxyl groups is 2. The zero-order valence-corrected chi connectivity index (χ0v) is 14.4. The molecule has 0 spiro atoms. The van der Waals surface area contributed by atoms with Crippen LogP contribution in [0, 0.1) is 0 Å². The van der Waals surface area contributed by atoms with Crippen molar-refractivity contribution in [3.05, 3.63) is 47.5 Å². The Kier molecular flexibility index (Phi) is 6.45. The Hall–Kier alpha value is -3.20. The highest BCUT2D eigenvalue weighted by Crippen LogP contribution is 2.18. The van der Waals surface area contributed by atoms with Crippen LogP contribution in [0.1, 0.15) is 15.9 Å². The summed E-state index contributed by atoms with van der Waals surface area (Å²) >= 11 is 0. The van der Waals surface area contributed by atoms with Gasteiger partial charge in [-0.15, -0.1) is 4.73 Å². The van der Waals surface area contributed by atoms with Gasteiger partial charge in [0.25, 0.3) is 0 Å². The van der Waals surface area contributed by atoms with Crippen LogP contribution in [0.2, 0.25) is 0 Å². The third-order valence-corrected chi connectivity index (χ3v) is 3.73. The number of aromatic nitrogens is 1. The number of nitrogens with one attached hydrogen (secondary N) is 1. The van der Waals surface area contributed by atoms with Gasteiger partial charge in [-0.2, -0.15) is 0 Å². The summed E-state index contributed by atoms with van der Waals surface area (Å²) in [4.78, 5) is 29.6. The molecule has 0 aliphatic heterocycles. The van der Waals surface area contributed by atoms with Gasteiger partial charge in [-0.1, -0.05) is 12.1 Å². The number of amides is 2. The monoisotopic (exact) mass is 362 g/mol. The molecule has 1 aromatic carbocycles. The van der Waals surface area contributed by atoms with Crippen LogP contribution >= 0.6 is 0 Å². The lowest BCUT2D eigenvalue weighted by Crippen LogP contribution is -2.37. The first-order chi connectivity index (χ1) is 12.4. The Labute approximate surface area is 150 Å². The van der Waals surface area contributed by atoms with Crippen molar-refractivity contribution < 1.29 is 24.6 Å². The van der Waals surface area contributed by atoms with Gasteiger partial charge >= 0.3 is 6.09 Å². The second-order valence-corrected chi connectivity index (χ2v) is 5.77. The number of nitrogens with zero attached hydrogens (tertiary/aromatic N) is 2. The van der Waals surface area contributed by atoms with Crippen LogP contribution in [0.3, 0.4) is 0 Å². The highest BCUT2D eigenvalue weighted by Gasteiger charge is 2.11. The maximum atomic E-state index is 11.6. The molecule has 2 amide bonds. The fourth-order valence-electron chi connectivity index (χ4n) is 2.27. The molecule has 140 valence electrons. The first-order valence-corrected chi connectivity index (χ1v) is 8.00. The molecule has 0 radical (unpaired) electrons. The molecular formula is C17H22N4O5. The van der Waals surface area contributed by atoms with Crippen LogP contribution < -0.4 is 15.9 Å². The fraction of sp³-hybridized carbons (Fsp3) is 0.294. The Morgan fingerprint density at radius 2 is 1.88 bits per heavy atom. The van der Waals surface area contributed by atoms with E-state index in [1.54, 1.807) is 18.2 Å². The summed E-state index contributed by atoms with van der Waals surface area (Å²) in [6.45, 7) is 1.60. The molecule has 2 aromatic rings. The van der Waals surface area contributed by atoms with Crippen LogP contribution in [0.5, 0.6) is 11.8 Å². The molecule has 0 saturated carbocycles. The van der Waals surface area contributed by atoms with Gasteiger partial charge in [0.1, 0.15) is 0 Å². The van der Waals surface area contributed by atoms with Gasteiger partial charge in [-0.3, -0.25) is 4.79 Å².